The Bertz CT molecular complexity index is 544. The first-order valence-electron chi connectivity index (χ1n) is 5.63. The van der Waals surface area contributed by atoms with Gasteiger partial charge in [-0.3, -0.25) is 0 Å². The SMILES string of the molecule is Cc1ccccc1CCNc1nc(Cl)ncc1Cl. The molecule has 94 valence electrons. The number of hydrogen-bond acceptors (Lipinski definition) is 3. The molecule has 0 atom stereocenters. The fourth-order valence-electron chi connectivity index (χ4n) is 1.68. The topological polar surface area (TPSA) is 37.8 Å². The summed E-state index contributed by atoms with van der Waals surface area (Å²) in [5, 5.41) is 3.83. The van der Waals surface area contributed by atoms with Crippen molar-refractivity contribution < 1.29 is 0 Å². The molecule has 0 unspecified atom stereocenters. The van der Waals surface area contributed by atoms with Crippen LogP contribution in [0, 0.1) is 6.92 Å². The van der Waals surface area contributed by atoms with Crippen molar-refractivity contribution in [2.75, 3.05) is 11.9 Å². The molecule has 5 heteroatoms. The molecular formula is C13H13Cl2N3. The van der Waals surface area contributed by atoms with Gasteiger partial charge in [-0.25, -0.2) is 4.98 Å². The Morgan fingerprint density at radius 1 is 1.22 bits per heavy atom. The van der Waals surface area contributed by atoms with Gasteiger partial charge in [0.1, 0.15) is 10.8 Å². The Hall–Kier alpha value is -1.32. The third kappa shape index (κ3) is 3.34. The molecule has 3 nitrogen and oxygen atoms in total. The Morgan fingerprint density at radius 2 is 2.00 bits per heavy atom. The smallest absolute Gasteiger partial charge is 0.224 e. The lowest BCUT2D eigenvalue weighted by molar-refractivity contribution is 0.988. The first kappa shape index (κ1) is 13.1. The molecule has 2 rings (SSSR count). The standard InChI is InChI=1S/C13H13Cl2N3/c1-9-4-2-3-5-10(9)6-7-16-12-11(14)8-17-13(15)18-12/h2-5,8H,6-7H2,1H3,(H,16,17,18). The predicted molar refractivity (Wildman–Crippen MR) is 75.4 cm³/mol. The van der Waals surface area contributed by atoms with E-state index in [2.05, 4.69) is 34.3 Å². The van der Waals surface area contributed by atoms with Crippen molar-refractivity contribution >= 4 is 29.0 Å². The highest BCUT2D eigenvalue weighted by Crippen LogP contribution is 2.19. The summed E-state index contributed by atoms with van der Waals surface area (Å²) in [5.41, 5.74) is 2.59. The second-order valence-electron chi connectivity index (χ2n) is 3.94. The van der Waals surface area contributed by atoms with Crippen molar-refractivity contribution in [1.82, 2.24) is 9.97 Å². The lowest BCUT2D eigenvalue weighted by Crippen LogP contribution is -2.08. The number of nitrogens with one attached hydrogen (secondary N) is 1. The van der Waals surface area contributed by atoms with Crippen LogP contribution < -0.4 is 5.32 Å². The van der Waals surface area contributed by atoms with Gasteiger partial charge in [0, 0.05) is 6.54 Å². The van der Waals surface area contributed by atoms with Gasteiger partial charge in [0.2, 0.25) is 5.28 Å². The maximum atomic E-state index is 5.96. The predicted octanol–water partition coefficient (Wildman–Crippen LogP) is 3.75. The van der Waals surface area contributed by atoms with Gasteiger partial charge in [0.25, 0.3) is 0 Å². The third-order valence-electron chi connectivity index (χ3n) is 2.66. The molecule has 0 amide bonds. The largest absolute Gasteiger partial charge is 0.368 e. The maximum absolute atomic E-state index is 5.96. The first-order chi connectivity index (χ1) is 8.66. The van der Waals surface area contributed by atoms with Crippen LogP contribution in [0.5, 0.6) is 0 Å². The van der Waals surface area contributed by atoms with Crippen LogP contribution in [0.15, 0.2) is 30.5 Å². The first-order valence-corrected chi connectivity index (χ1v) is 6.39. The van der Waals surface area contributed by atoms with E-state index in [0.717, 1.165) is 13.0 Å². The summed E-state index contributed by atoms with van der Waals surface area (Å²) in [6.07, 6.45) is 2.40. The highest BCUT2D eigenvalue weighted by Gasteiger charge is 2.04. The monoisotopic (exact) mass is 281 g/mol. The van der Waals surface area contributed by atoms with Gasteiger partial charge in [-0.15, -0.1) is 0 Å². The van der Waals surface area contributed by atoms with Gasteiger partial charge in [-0.05, 0) is 36.1 Å². The number of benzene rings is 1. The molecule has 0 fully saturated rings. The quantitative estimate of drug-likeness (QED) is 0.868. The Kier molecular flexibility index (Phi) is 4.39. The fraction of sp³-hybridized carbons (Fsp3) is 0.231. The molecule has 0 spiro atoms. The van der Waals surface area contributed by atoms with Gasteiger partial charge in [0.15, 0.2) is 0 Å². The number of aryl methyl sites for hydroxylation is 1. The summed E-state index contributed by atoms with van der Waals surface area (Å²) in [6.45, 7) is 2.85. The molecular weight excluding hydrogens is 269 g/mol. The highest BCUT2D eigenvalue weighted by molar-refractivity contribution is 6.33. The molecule has 0 bridgehead atoms. The van der Waals surface area contributed by atoms with Crippen LogP contribution in [-0.2, 0) is 6.42 Å². The maximum Gasteiger partial charge on any atom is 0.224 e. The third-order valence-corrected chi connectivity index (χ3v) is 3.12. The Morgan fingerprint density at radius 3 is 2.78 bits per heavy atom. The minimum Gasteiger partial charge on any atom is -0.368 e. The molecule has 1 aromatic carbocycles. The molecule has 18 heavy (non-hydrogen) atoms. The van der Waals surface area contributed by atoms with Gasteiger partial charge in [-0.2, -0.15) is 4.98 Å². The minimum absolute atomic E-state index is 0.192. The zero-order valence-electron chi connectivity index (χ0n) is 9.95. The summed E-state index contributed by atoms with van der Waals surface area (Å²) in [5.74, 6) is 0.574. The normalized spacial score (nSPS) is 10.4. The van der Waals surface area contributed by atoms with Crippen molar-refractivity contribution in [2.45, 2.75) is 13.3 Å². The van der Waals surface area contributed by atoms with Crippen LogP contribution in [0.2, 0.25) is 10.3 Å². The van der Waals surface area contributed by atoms with E-state index in [4.69, 9.17) is 23.2 Å². The van der Waals surface area contributed by atoms with Gasteiger partial charge in [0.05, 0.1) is 6.20 Å². The van der Waals surface area contributed by atoms with E-state index in [-0.39, 0.29) is 5.28 Å². The van der Waals surface area contributed by atoms with E-state index in [1.165, 1.54) is 17.3 Å². The minimum atomic E-state index is 0.192. The zero-order chi connectivity index (χ0) is 13.0. The molecule has 1 aromatic heterocycles. The van der Waals surface area contributed by atoms with E-state index in [9.17, 15) is 0 Å². The van der Waals surface area contributed by atoms with Crippen LogP contribution in [0.4, 0.5) is 5.82 Å². The highest BCUT2D eigenvalue weighted by atomic mass is 35.5. The van der Waals surface area contributed by atoms with Crippen molar-refractivity contribution in [3.8, 4) is 0 Å². The van der Waals surface area contributed by atoms with Crippen molar-refractivity contribution in [2.24, 2.45) is 0 Å². The average Bonchev–Trinajstić information content (AvgIpc) is 2.36. The van der Waals surface area contributed by atoms with Crippen molar-refractivity contribution in [3.05, 3.63) is 51.9 Å². The summed E-state index contributed by atoms with van der Waals surface area (Å²) in [6, 6.07) is 8.29. The van der Waals surface area contributed by atoms with E-state index in [1.54, 1.807) is 0 Å². The number of halogens is 2. The van der Waals surface area contributed by atoms with Gasteiger partial charge >= 0.3 is 0 Å². The molecule has 1 heterocycles. The molecule has 1 N–H and O–H groups in total. The summed E-state index contributed by atoms with van der Waals surface area (Å²) in [4.78, 5) is 7.84. The zero-order valence-corrected chi connectivity index (χ0v) is 11.5. The summed E-state index contributed by atoms with van der Waals surface area (Å²) < 4.78 is 0. The van der Waals surface area contributed by atoms with E-state index in [1.807, 2.05) is 12.1 Å². The summed E-state index contributed by atoms with van der Waals surface area (Å²) >= 11 is 11.7. The van der Waals surface area contributed by atoms with Crippen molar-refractivity contribution in [3.63, 3.8) is 0 Å². The molecule has 0 aliphatic heterocycles. The van der Waals surface area contributed by atoms with Crippen LogP contribution in [0.3, 0.4) is 0 Å². The lowest BCUT2D eigenvalue weighted by Gasteiger charge is -2.08. The second kappa shape index (κ2) is 6.03. The average molecular weight is 282 g/mol. The van der Waals surface area contributed by atoms with Crippen LogP contribution in [0.1, 0.15) is 11.1 Å². The van der Waals surface area contributed by atoms with E-state index < -0.39 is 0 Å². The number of rotatable bonds is 4. The molecule has 0 aliphatic carbocycles. The molecule has 0 aliphatic rings. The molecule has 0 radical (unpaired) electrons. The van der Waals surface area contributed by atoms with Crippen molar-refractivity contribution in [1.29, 1.82) is 0 Å². The Labute approximate surface area is 116 Å². The van der Waals surface area contributed by atoms with Crippen LogP contribution in [0.25, 0.3) is 0 Å². The lowest BCUT2D eigenvalue weighted by atomic mass is 10.1. The number of nitrogens with zero attached hydrogens (tertiary/aromatic N) is 2. The number of hydrogen-bond donors (Lipinski definition) is 1. The van der Waals surface area contributed by atoms with Gasteiger partial charge < -0.3 is 5.32 Å². The number of anilines is 1. The second-order valence-corrected chi connectivity index (χ2v) is 4.68. The molecule has 0 saturated carbocycles. The summed E-state index contributed by atoms with van der Waals surface area (Å²) in [7, 11) is 0. The fourth-order valence-corrected chi connectivity index (χ4v) is 1.97. The Balaban J connectivity index is 1.96. The molecule has 2 aromatic rings. The molecule has 0 saturated heterocycles. The van der Waals surface area contributed by atoms with Crippen LogP contribution in [-0.4, -0.2) is 16.5 Å². The van der Waals surface area contributed by atoms with E-state index in [0.29, 0.717) is 10.8 Å². The van der Waals surface area contributed by atoms with E-state index >= 15 is 0 Å². The van der Waals surface area contributed by atoms with Crippen LogP contribution >= 0.6 is 23.2 Å². The number of aromatic nitrogens is 2. The van der Waals surface area contributed by atoms with Gasteiger partial charge in [-0.1, -0.05) is 35.9 Å².